The van der Waals surface area contributed by atoms with Crippen LogP contribution in [-0.4, -0.2) is 58.2 Å². The van der Waals surface area contributed by atoms with E-state index in [0.29, 0.717) is 24.3 Å². The molecule has 3 aliphatic rings. The van der Waals surface area contributed by atoms with E-state index in [1.165, 1.54) is 19.3 Å². The fourth-order valence-electron chi connectivity index (χ4n) is 4.63. The Morgan fingerprint density at radius 1 is 1.12 bits per heavy atom. The Labute approximate surface area is 158 Å². The van der Waals surface area contributed by atoms with E-state index < -0.39 is 9.84 Å². The fraction of sp³-hybridized carbons (Fsp3) is 0.947. The molecule has 0 amide bonds. The lowest BCUT2D eigenvalue weighted by Gasteiger charge is -2.33. The summed E-state index contributed by atoms with van der Waals surface area (Å²) >= 11 is 0. The van der Waals surface area contributed by atoms with E-state index in [1.54, 1.807) is 0 Å². The molecule has 6 nitrogen and oxygen atoms in total. The number of guanidine groups is 1. The first-order valence-corrected chi connectivity index (χ1v) is 12.0. The molecule has 4 unspecified atom stereocenters. The molecular formula is C19H35N3O3S. The lowest BCUT2D eigenvalue weighted by molar-refractivity contribution is 0.186. The second-order valence-electron chi connectivity index (χ2n) is 8.83. The molecule has 26 heavy (non-hydrogen) atoms. The second-order valence-corrected chi connectivity index (χ2v) is 11.1. The Hall–Kier alpha value is -0.820. The van der Waals surface area contributed by atoms with Crippen LogP contribution in [0.4, 0.5) is 0 Å². The molecular weight excluding hydrogens is 350 g/mol. The minimum absolute atomic E-state index is 0.164. The van der Waals surface area contributed by atoms with Crippen LogP contribution in [0.15, 0.2) is 4.99 Å². The van der Waals surface area contributed by atoms with Gasteiger partial charge in [0.2, 0.25) is 0 Å². The van der Waals surface area contributed by atoms with E-state index in [-0.39, 0.29) is 11.7 Å². The van der Waals surface area contributed by atoms with E-state index >= 15 is 0 Å². The molecule has 0 spiro atoms. The zero-order valence-electron chi connectivity index (χ0n) is 16.2. The molecule has 2 N–H and O–H groups in total. The van der Waals surface area contributed by atoms with Crippen molar-refractivity contribution in [3.05, 3.63) is 0 Å². The van der Waals surface area contributed by atoms with Crippen LogP contribution in [0.3, 0.4) is 0 Å². The number of ether oxygens (including phenoxy) is 1. The van der Waals surface area contributed by atoms with Crippen LogP contribution >= 0.6 is 0 Å². The van der Waals surface area contributed by atoms with Crippen LogP contribution in [0.5, 0.6) is 0 Å². The average Bonchev–Trinajstić information content (AvgIpc) is 3.18. The number of aliphatic imine (C=N–C) groups is 1. The van der Waals surface area contributed by atoms with E-state index in [0.717, 1.165) is 50.4 Å². The van der Waals surface area contributed by atoms with Gasteiger partial charge >= 0.3 is 0 Å². The zero-order valence-corrected chi connectivity index (χ0v) is 17.1. The van der Waals surface area contributed by atoms with Crippen LogP contribution in [0, 0.1) is 23.7 Å². The smallest absolute Gasteiger partial charge is 0.191 e. The van der Waals surface area contributed by atoms with Gasteiger partial charge in [0.05, 0.1) is 18.1 Å². The monoisotopic (exact) mass is 385 g/mol. The molecule has 0 aromatic heterocycles. The van der Waals surface area contributed by atoms with Gasteiger partial charge in [0.15, 0.2) is 15.8 Å². The maximum Gasteiger partial charge on any atom is 0.191 e. The van der Waals surface area contributed by atoms with Gasteiger partial charge in [0.1, 0.15) is 0 Å². The van der Waals surface area contributed by atoms with Gasteiger partial charge < -0.3 is 15.4 Å². The molecule has 2 heterocycles. The third-order valence-corrected chi connectivity index (χ3v) is 7.77. The number of rotatable bonds is 5. The van der Waals surface area contributed by atoms with Gasteiger partial charge in [0.25, 0.3) is 0 Å². The molecule has 2 aliphatic heterocycles. The summed E-state index contributed by atoms with van der Waals surface area (Å²) in [6, 6.07) is 0.451. The Morgan fingerprint density at radius 3 is 2.50 bits per heavy atom. The van der Waals surface area contributed by atoms with Crippen LogP contribution in [0.25, 0.3) is 0 Å². The van der Waals surface area contributed by atoms with Crippen molar-refractivity contribution in [2.45, 2.75) is 52.0 Å². The summed E-state index contributed by atoms with van der Waals surface area (Å²) in [5.74, 6) is 3.64. The Kier molecular flexibility index (Phi) is 6.83. The second kappa shape index (κ2) is 8.91. The summed E-state index contributed by atoms with van der Waals surface area (Å²) in [4.78, 5) is 4.77. The first-order valence-electron chi connectivity index (χ1n) is 10.2. The van der Waals surface area contributed by atoms with Gasteiger partial charge in [-0.05, 0) is 49.9 Å². The van der Waals surface area contributed by atoms with Gasteiger partial charge in [-0.1, -0.05) is 13.8 Å². The van der Waals surface area contributed by atoms with Crippen LogP contribution in [0.1, 0.15) is 46.0 Å². The summed E-state index contributed by atoms with van der Waals surface area (Å²) < 4.78 is 28.8. The quantitative estimate of drug-likeness (QED) is 0.557. The van der Waals surface area contributed by atoms with E-state index in [9.17, 15) is 8.42 Å². The molecule has 0 bridgehead atoms. The van der Waals surface area contributed by atoms with Crippen molar-refractivity contribution >= 4 is 15.8 Å². The number of hydrogen-bond acceptors (Lipinski definition) is 4. The van der Waals surface area contributed by atoms with E-state index in [2.05, 4.69) is 24.5 Å². The highest BCUT2D eigenvalue weighted by Crippen LogP contribution is 2.28. The van der Waals surface area contributed by atoms with Crippen LogP contribution in [-0.2, 0) is 14.6 Å². The van der Waals surface area contributed by atoms with Crippen molar-refractivity contribution in [1.82, 2.24) is 10.6 Å². The van der Waals surface area contributed by atoms with Crippen molar-refractivity contribution in [3.8, 4) is 0 Å². The summed E-state index contributed by atoms with van der Waals surface area (Å²) in [6.07, 6.45) is 5.49. The van der Waals surface area contributed by atoms with Gasteiger partial charge in [-0.15, -0.1) is 0 Å². The molecule has 2 saturated heterocycles. The predicted octanol–water partition coefficient (Wildman–Crippen LogP) is 1.82. The predicted molar refractivity (Wildman–Crippen MR) is 105 cm³/mol. The molecule has 1 saturated carbocycles. The highest BCUT2D eigenvalue weighted by Gasteiger charge is 2.28. The van der Waals surface area contributed by atoms with Crippen LogP contribution < -0.4 is 10.6 Å². The van der Waals surface area contributed by atoms with E-state index in [4.69, 9.17) is 9.73 Å². The number of nitrogens with zero attached hydrogens (tertiary/aromatic N) is 1. The molecule has 3 rings (SSSR count). The summed E-state index contributed by atoms with van der Waals surface area (Å²) in [7, 11) is -2.84. The molecule has 1 aliphatic carbocycles. The van der Waals surface area contributed by atoms with E-state index in [1.807, 2.05) is 0 Å². The van der Waals surface area contributed by atoms with Crippen molar-refractivity contribution < 1.29 is 13.2 Å². The Bertz CT molecular complexity index is 577. The SMILES string of the molecule is CC1CC(C)CC(NC(=NCC2CCS(=O)(=O)C2)NCC2CCOC2)C1. The minimum atomic E-state index is -2.84. The lowest BCUT2D eigenvalue weighted by Crippen LogP contribution is -2.47. The van der Waals surface area contributed by atoms with Crippen molar-refractivity contribution in [1.29, 1.82) is 0 Å². The number of hydrogen-bond donors (Lipinski definition) is 2. The highest BCUT2D eigenvalue weighted by atomic mass is 32.2. The van der Waals surface area contributed by atoms with Gasteiger partial charge in [-0.25, -0.2) is 8.42 Å². The van der Waals surface area contributed by atoms with Gasteiger partial charge in [-0.3, -0.25) is 4.99 Å². The van der Waals surface area contributed by atoms with Crippen molar-refractivity contribution in [2.75, 3.05) is 37.8 Å². The number of nitrogens with one attached hydrogen (secondary N) is 2. The third-order valence-electron chi connectivity index (χ3n) is 5.94. The Morgan fingerprint density at radius 2 is 1.88 bits per heavy atom. The highest BCUT2D eigenvalue weighted by molar-refractivity contribution is 7.91. The molecule has 3 fully saturated rings. The van der Waals surface area contributed by atoms with Gasteiger partial charge in [-0.2, -0.15) is 0 Å². The van der Waals surface area contributed by atoms with Crippen LogP contribution in [0.2, 0.25) is 0 Å². The molecule has 7 heteroatoms. The molecule has 0 aromatic rings. The standard InChI is InChI=1S/C19H35N3O3S/c1-14-7-15(2)9-18(8-14)22-19(20-10-16-3-5-25-12-16)21-11-17-4-6-26(23,24)13-17/h14-18H,3-13H2,1-2H3,(H2,20,21,22). The maximum atomic E-state index is 11.7. The topological polar surface area (TPSA) is 79.8 Å². The van der Waals surface area contributed by atoms with Crippen molar-refractivity contribution in [2.24, 2.45) is 28.7 Å². The average molecular weight is 386 g/mol. The minimum Gasteiger partial charge on any atom is -0.381 e. The molecule has 150 valence electrons. The summed E-state index contributed by atoms with van der Waals surface area (Å²) in [5.41, 5.74) is 0. The summed E-state index contributed by atoms with van der Waals surface area (Å²) in [5, 5.41) is 7.13. The lowest BCUT2D eigenvalue weighted by atomic mass is 9.80. The largest absolute Gasteiger partial charge is 0.381 e. The first-order chi connectivity index (χ1) is 12.4. The molecule has 4 atom stereocenters. The number of sulfone groups is 1. The van der Waals surface area contributed by atoms with Crippen molar-refractivity contribution in [3.63, 3.8) is 0 Å². The third kappa shape index (κ3) is 6.12. The normalized spacial score (nSPS) is 37.6. The molecule has 0 radical (unpaired) electrons. The maximum absolute atomic E-state index is 11.7. The fourth-order valence-corrected chi connectivity index (χ4v) is 6.48. The first kappa shape index (κ1) is 19.9. The Balaban J connectivity index is 1.57. The van der Waals surface area contributed by atoms with Gasteiger partial charge in [0, 0.05) is 31.7 Å². The summed E-state index contributed by atoms with van der Waals surface area (Å²) in [6.45, 7) is 7.78. The zero-order chi connectivity index (χ0) is 18.6. The molecule has 0 aromatic carbocycles.